The summed E-state index contributed by atoms with van der Waals surface area (Å²) < 4.78 is 14.9. The number of rotatable bonds is 7. The first-order valence-electron chi connectivity index (χ1n) is 12.0. The number of β-lactam (4-membered cyclic amide) rings is 1. The summed E-state index contributed by atoms with van der Waals surface area (Å²) in [5.41, 5.74) is 8.02. The summed E-state index contributed by atoms with van der Waals surface area (Å²) in [6.45, 7) is 3.66. The van der Waals surface area contributed by atoms with Crippen LogP contribution in [0.2, 0.25) is 0 Å². The number of nitrogens with zero attached hydrogens (tertiary/aromatic N) is 5. The highest BCUT2D eigenvalue weighted by atomic mass is 19.1. The van der Waals surface area contributed by atoms with E-state index in [0.29, 0.717) is 29.3 Å². The Labute approximate surface area is 214 Å². The Morgan fingerprint density at radius 1 is 1.22 bits per heavy atom. The van der Waals surface area contributed by atoms with E-state index in [1.807, 2.05) is 6.92 Å². The fourth-order valence-corrected chi connectivity index (χ4v) is 4.74. The Kier molecular flexibility index (Phi) is 7.23. The van der Waals surface area contributed by atoms with Crippen LogP contribution in [0.1, 0.15) is 36.2 Å². The lowest BCUT2D eigenvalue weighted by Crippen LogP contribution is -2.70. The molecule has 3 N–H and O–H groups in total. The number of aromatic nitrogens is 3. The van der Waals surface area contributed by atoms with E-state index in [-0.39, 0.29) is 12.2 Å². The van der Waals surface area contributed by atoms with Gasteiger partial charge in [0.25, 0.3) is 5.91 Å². The van der Waals surface area contributed by atoms with Crippen molar-refractivity contribution in [2.45, 2.75) is 38.8 Å². The molecule has 1 aliphatic heterocycles. The first-order chi connectivity index (χ1) is 17.6. The third-order valence-electron chi connectivity index (χ3n) is 6.62. The van der Waals surface area contributed by atoms with E-state index in [0.717, 1.165) is 10.5 Å². The van der Waals surface area contributed by atoms with Crippen LogP contribution in [-0.2, 0) is 23.1 Å². The standard InChI is InChI=1S/C26H30FN7O3/c1-5-20(17-6-8-18(27)9-7-17)31-26(37)34-23(25(36)32(3)22-10-11-29-33(22)4)19(24(34)35)13-16-12-15(2)30-21(28)14-16/h6-12,14,19-20,23H,5,13H2,1-4H3,(H2,28,30)(H,31,37)/t19-,20?,23+/m1/s1. The van der Waals surface area contributed by atoms with E-state index in [9.17, 15) is 18.8 Å². The molecule has 1 aromatic carbocycles. The van der Waals surface area contributed by atoms with Gasteiger partial charge in [0.05, 0.1) is 18.2 Å². The number of carbonyl (C=O) groups is 3. The topological polar surface area (TPSA) is 126 Å². The number of amides is 4. The summed E-state index contributed by atoms with van der Waals surface area (Å²) in [5.74, 6) is -1.20. The summed E-state index contributed by atoms with van der Waals surface area (Å²) in [6.07, 6.45) is 2.29. The Hall–Kier alpha value is -4.28. The van der Waals surface area contributed by atoms with Gasteiger partial charge in [-0.05, 0) is 55.2 Å². The van der Waals surface area contributed by atoms with Gasteiger partial charge in [0, 0.05) is 25.9 Å². The summed E-state index contributed by atoms with van der Waals surface area (Å²) in [5, 5.41) is 6.94. The van der Waals surface area contributed by atoms with E-state index in [2.05, 4.69) is 15.4 Å². The van der Waals surface area contributed by atoms with Gasteiger partial charge in [-0.25, -0.2) is 14.2 Å². The molecule has 1 fully saturated rings. The maximum Gasteiger partial charge on any atom is 0.325 e. The van der Waals surface area contributed by atoms with Gasteiger partial charge < -0.3 is 11.1 Å². The number of anilines is 2. The second kappa shape index (κ2) is 10.4. The molecule has 4 amide bonds. The van der Waals surface area contributed by atoms with E-state index < -0.39 is 35.8 Å². The van der Waals surface area contributed by atoms with Crippen molar-refractivity contribution in [3.8, 4) is 0 Å². The highest BCUT2D eigenvalue weighted by Gasteiger charge is 2.55. The van der Waals surface area contributed by atoms with Crippen LogP contribution in [0.5, 0.6) is 0 Å². The zero-order chi connectivity index (χ0) is 26.9. The van der Waals surface area contributed by atoms with Gasteiger partial charge in [-0.3, -0.25) is 24.1 Å². The van der Waals surface area contributed by atoms with Crippen LogP contribution in [-0.4, -0.2) is 50.6 Å². The smallest absolute Gasteiger partial charge is 0.325 e. The van der Waals surface area contributed by atoms with E-state index in [1.165, 1.54) is 21.7 Å². The number of benzene rings is 1. The van der Waals surface area contributed by atoms with Crippen molar-refractivity contribution < 1.29 is 18.8 Å². The third-order valence-corrected chi connectivity index (χ3v) is 6.62. The lowest BCUT2D eigenvalue weighted by Gasteiger charge is -2.46. The summed E-state index contributed by atoms with van der Waals surface area (Å²) in [7, 11) is 3.28. The maximum atomic E-state index is 13.7. The predicted octanol–water partition coefficient (Wildman–Crippen LogP) is 2.74. The maximum absolute atomic E-state index is 13.7. The van der Waals surface area contributed by atoms with Crippen LogP contribution >= 0.6 is 0 Å². The molecule has 10 nitrogen and oxygen atoms in total. The molecule has 1 saturated heterocycles. The van der Waals surface area contributed by atoms with Crippen molar-refractivity contribution >= 4 is 29.5 Å². The molecule has 3 aromatic rings. The number of nitrogen functional groups attached to an aromatic ring is 1. The van der Waals surface area contributed by atoms with Crippen LogP contribution in [0.25, 0.3) is 0 Å². The number of hydrogen-bond donors (Lipinski definition) is 2. The zero-order valence-electron chi connectivity index (χ0n) is 21.2. The largest absolute Gasteiger partial charge is 0.384 e. The first kappa shape index (κ1) is 25.8. The van der Waals surface area contributed by atoms with E-state index >= 15 is 0 Å². The lowest BCUT2D eigenvalue weighted by atomic mass is 9.81. The van der Waals surface area contributed by atoms with Gasteiger partial charge in [0.2, 0.25) is 5.91 Å². The SMILES string of the molecule is CCC(NC(=O)N1C(=O)[C@H](Cc2cc(C)nc(N)c2)[C@H]1C(=O)N(C)c1ccnn1C)c1ccc(F)cc1. The Morgan fingerprint density at radius 3 is 2.51 bits per heavy atom. The molecule has 37 heavy (non-hydrogen) atoms. The molecule has 1 unspecified atom stereocenters. The molecule has 11 heteroatoms. The van der Waals surface area contributed by atoms with Crippen molar-refractivity contribution in [1.82, 2.24) is 25.0 Å². The highest BCUT2D eigenvalue weighted by Crippen LogP contribution is 2.33. The fourth-order valence-electron chi connectivity index (χ4n) is 4.74. The number of hydrogen-bond acceptors (Lipinski definition) is 6. The normalized spacial score (nSPS) is 17.8. The Balaban J connectivity index is 1.61. The number of nitrogens with two attached hydrogens (primary N) is 1. The summed E-state index contributed by atoms with van der Waals surface area (Å²) in [4.78, 5) is 46.8. The van der Waals surface area contributed by atoms with Crippen molar-refractivity contribution in [1.29, 1.82) is 0 Å². The van der Waals surface area contributed by atoms with Gasteiger partial charge >= 0.3 is 6.03 Å². The van der Waals surface area contributed by atoms with Crippen molar-refractivity contribution in [3.63, 3.8) is 0 Å². The summed E-state index contributed by atoms with van der Waals surface area (Å²) in [6, 6.07) is 8.75. The minimum atomic E-state index is -1.03. The minimum Gasteiger partial charge on any atom is -0.384 e. The van der Waals surface area contributed by atoms with Gasteiger partial charge in [-0.2, -0.15) is 5.10 Å². The Morgan fingerprint density at radius 2 is 1.92 bits per heavy atom. The van der Waals surface area contributed by atoms with Crippen molar-refractivity contribution in [2.24, 2.45) is 13.0 Å². The molecule has 0 saturated carbocycles. The van der Waals surface area contributed by atoms with Crippen LogP contribution < -0.4 is 16.0 Å². The number of urea groups is 1. The third kappa shape index (κ3) is 5.16. The van der Waals surface area contributed by atoms with Crippen LogP contribution in [0, 0.1) is 18.7 Å². The summed E-state index contributed by atoms with van der Waals surface area (Å²) >= 11 is 0. The molecule has 2 aromatic heterocycles. The molecule has 3 atom stereocenters. The monoisotopic (exact) mass is 507 g/mol. The van der Waals surface area contributed by atoms with Gasteiger partial charge in [-0.1, -0.05) is 19.1 Å². The molecule has 0 radical (unpaired) electrons. The van der Waals surface area contributed by atoms with Crippen molar-refractivity contribution in [2.75, 3.05) is 17.7 Å². The second-order valence-electron chi connectivity index (χ2n) is 9.18. The van der Waals surface area contributed by atoms with E-state index in [4.69, 9.17) is 5.73 Å². The molecular formula is C26H30FN7O3. The minimum absolute atomic E-state index is 0.223. The predicted molar refractivity (Wildman–Crippen MR) is 136 cm³/mol. The van der Waals surface area contributed by atoms with Gasteiger partial charge in [-0.15, -0.1) is 0 Å². The first-order valence-corrected chi connectivity index (χ1v) is 12.0. The van der Waals surface area contributed by atoms with Gasteiger partial charge in [0.1, 0.15) is 23.5 Å². The molecule has 0 aliphatic carbocycles. The second-order valence-corrected chi connectivity index (χ2v) is 9.18. The number of nitrogens with one attached hydrogen (secondary N) is 1. The molecule has 0 spiro atoms. The fraction of sp³-hybridized carbons (Fsp3) is 0.346. The quantitative estimate of drug-likeness (QED) is 0.474. The zero-order valence-corrected chi connectivity index (χ0v) is 21.2. The molecule has 194 valence electrons. The Bertz CT molecular complexity index is 1300. The number of halogens is 1. The molecule has 1 aliphatic rings. The van der Waals surface area contributed by atoms with Crippen LogP contribution in [0.3, 0.4) is 0 Å². The molecular weight excluding hydrogens is 477 g/mol. The highest BCUT2D eigenvalue weighted by molar-refractivity contribution is 6.12. The lowest BCUT2D eigenvalue weighted by molar-refractivity contribution is -0.156. The number of imide groups is 1. The average molecular weight is 508 g/mol. The molecule has 0 bridgehead atoms. The number of likely N-dealkylation sites (N-methyl/N-ethyl adjacent to an activating group) is 1. The van der Waals surface area contributed by atoms with Crippen LogP contribution in [0.15, 0.2) is 48.7 Å². The number of pyridine rings is 1. The molecule has 3 heterocycles. The number of carbonyl (C=O) groups excluding carboxylic acids is 3. The number of likely N-dealkylation sites (tertiary alicyclic amines) is 1. The van der Waals surface area contributed by atoms with Gasteiger partial charge in [0.15, 0.2) is 0 Å². The van der Waals surface area contributed by atoms with E-state index in [1.54, 1.807) is 57.5 Å². The van der Waals surface area contributed by atoms with Crippen LogP contribution in [0.4, 0.5) is 20.8 Å². The van der Waals surface area contributed by atoms with Crippen molar-refractivity contribution in [3.05, 3.63) is 71.3 Å². The number of aryl methyl sites for hydroxylation is 2. The molecule has 4 rings (SSSR count). The average Bonchev–Trinajstić information content (AvgIpc) is 3.28.